The van der Waals surface area contributed by atoms with Crippen LogP contribution in [0.2, 0.25) is 0 Å². The van der Waals surface area contributed by atoms with Crippen molar-refractivity contribution in [3.63, 3.8) is 0 Å². The average molecular weight is 1870 g/mol. The van der Waals surface area contributed by atoms with Crippen molar-refractivity contribution in [2.45, 2.75) is 136 Å². The molecule has 5 aliphatic heterocycles. The fourth-order valence-corrected chi connectivity index (χ4v) is 13.9. The largest absolute Gasteiger partial charge is 0.459 e. The summed E-state index contributed by atoms with van der Waals surface area (Å²) in [6.07, 6.45) is -17.5. The molecule has 136 heavy (non-hydrogen) atoms. The second-order valence-electron chi connectivity index (χ2n) is 31.5. The molecule has 5 fully saturated rings. The van der Waals surface area contributed by atoms with Gasteiger partial charge in [-0.1, -0.05) is 182 Å². The van der Waals surface area contributed by atoms with Crippen LogP contribution < -0.4 is 0 Å². The molecular weight excluding hydrogens is 1780 g/mol. The molecule has 0 bridgehead atoms. The monoisotopic (exact) mass is 1870 g/mol. The van der Waals surface area contributed by atoms with Crippen LogP contribution in [0.4, 0.5) is 0 Å². The molecule has 10 aromatic rings. The molecule has 0 aliphatic carbocycles. The lowest BCUT2D eigenvalue weighted by Gasteiger charge is -2.40. The quantitative estimate of drug-likeness (QED) is 0.0204. The molecule has 0 saturated carbocycles. The minimum absolute atomic E-state index is 0.202. The smallest absolute Gasteiger partial charge is 0.355 e. The summed E-state index contributed by atoms with van der Waals surface area (Å²) in [5.74, 6) is -11.2. The van der Waals surface area contributed by atoms with Crippen molar-refractivity contribution in [2.24, 2.45) is 0 Å². The zero-order valence-corrected chi connectivity index (χ0v) is 73.2. The highest BCUT2D eigenvalue weighted by molar-refractivity contribution is 5.97. The SMILES string of the molecule is C[C@]1(O)C(=O)O[C@H](CO)[C@H]1O.C[C@]1(OC(=O)c2ccccc2)C(=O)O[C@H](COC(=O)c2ccccc2)[C@H]1OC(=O)c1ccccc1.C[C@]1(OC(=O)c2ccccc2)C(O)O[C@H](COC(=O)c2ccccc2)[C@H]1OC(=O)c1ccccc1.C[C@]1(OC(=O)c2ccccc2)C(OC(=O)c2ccccc2)O[C@H](COC(=O)c2ccccc2)[C@H]1OC(=O)c1ccccc1.OCC1(O)OC[C@@H](O)[C@@H](O)[C@@H]1O. The second kappa shape index (κ2) is 46.8. The molecular formula is C100H96O36. The van der Waals surface area contributed by atoms with Gasteiger partial charge in [0.05, 0.1) is 75.5 Å². The van der Waals surface area contributed by atoms with Crippen LogP contribution in [-0.4, -0.2) is 265 Å². The number of carbonyl (C=O) groups is 12. The van der Waals surface area contributed by atoms with Crippen molar-refractivity contribution in [2.75, 3.05) is 39.6 Å². The molecule has 36 heteroatoms. The van der Waals surface area contributed by atoms with Gasteiger partial charge in [0.15, 0.2) is 48.0 Å². The Labute approximate surface area is 776 Å². The third-order valence-corrected chi connectivity index (χ3v) is 21.7. The zero-order valence-electron chi connectivity index (χ0n) is 73.2. The molecule has 0 amide bonds. The standard InChI is InChI=1S/C34H28O9.C27H24O8.C27H22O8.C6H12O6.C6H10O5/c1-34(43-32(38)26-20-12-5-13-21-26)28(41-30(36)24-16-8-3-9-17-24)27(22-39-29(35)23-14-6-2-7-15-23)40-33(34)42-31(37)25-18-10-4-11-19-25;2*1-27(35-25(30)20-15-9-4-10-16-20)22(34-24(29)19-13-7-3-8-14-19)21(33-26(27)31)17-32-23(28)18-11-5-2-6-12-18;7-2-6(11)5(10)4(9)3(8)1-12-6;1-6(10)4(8)3(2-7)11-5(6)9/h2-21,27-28,33H,22H2,1H3;2-16,21-22,26,31H,17H2,1H3;2-16,21-22H,17H2,1H3;3-5,7-11H,1-2H2;3-4,7-8,10H,2H2,1H3/t27-,28-,33?,34-;21-,22-,26?,27-;21-,22-,27-;3-,4-,5+,6?;3-,4-,6-/m11111/s1. The fourth-order valence-electron chi connectivity index (χ4n) is 13.9. The number of aliphatic hydroxyl groups excluding tert-OH is 7. The van der Waals surface area contributed by atoms with Crippen molar-refractivity contribution in [1.82, 2.24) is 0 Å². The molecule has 10 aromatic carbocycles. The van der Waals surface area contributed by atoms with Crippen LogP contribution >= 0.6 is 0 Å². The van der Waals surface area contributed by atoms with Crippen molar-refractivity contribution in [3.05, 3.63) is 359 Å². The minimum atomic E-state index is -2.17. The summed E-state index contributed by atoms with van der Waals surface area (Å²) in [6, 6.07) is 82.0. The van der Waals surface area contributed by atoms with Gasteiger partial charge in [-0.05, 0) is 149 Å². The molecule has 5 heterocycles. The topological polar surface area (TPSA) is 525 Å². The molecule has 0 radical (unpaired) electrons. The van der Waals surface area contributed by atoms with Crippen LogP contribution in [0.15, 0.2) is 303 Å². The van der Waals surface area contributed by atoms with Gasteiger partial charge in [0.1, 0.15) is 56.4 Å². The Kier molecular flexibility index (Phi) is 35.1. The third-order valence-electron chi connectivity index (χ3n) is 21.7. The highest BCUT2D eigenvalue weighted by Crippen LogP contribution is 2.42. The number of aliphatic hydroxyl groups is 9. The van der Waals surface area contributed by atoms with E-state index in [9.17, 15) is 72.9 Å². The Morgan fingerprint density at radius 3 is 0.919 bits per heavy atom. The second-order valence-corrected chi connectivity index (χ2v) is 31.5. The van der Waals surface area contributed by atoms with E-state index in [0.29, 0.717) is 16.7 Å². The van der Waals surface area contributed by atoms with Gasteiger partial charge >= 0.3 is 71.6 Å². The first-order valence-electron chi connectivity index (χ1n) is 42.1. The Morgan fingerprint density at radius 1 is 0.324 bits per heavy atom. The van der Waals surface area contributed by atoms with E-state index in [0.717, 1.165) is 6.92 Å². The van der Waals surface area contributed by atoms with Crippen LogP contribution in [0, 0.1) is 0 Å². The highest BCUT2D eigenvalue weighted by Gasteiger charge is 2.64. The molecule has 18 atom stereocenters. The summed E-state index contributed by atoms with van der Waals surface area (Å²) < 4.78 is 82.2. The number of hydrogen-bond acceptors (Lipinski definition) is 36. The van der Waals surface area contributed by atoms with Crippen molar-refractivity contribution >= 4 is 71.6 Å². The first-order chi connectivity index (χ1) is 65.1. The minimum Gasteiger partial charge on any atom is -0.459 e. The Hall–Kier alpha value is -14.6. The number of esters is 12. The molecule has 3 unspecified atom stereocenters. The number of rotatable bonds is 25. The molecule has 5 saturated heterocycles. The van der Waals surface area contributed by atoms with E-state index >= 15 is 0 Å². The van der Waals surface area contributed by atoms with Crippen molar-refractivity contribution in [1.29, 1.82) is 0 Å². The van der Waals surface area contributed by atoms with Gasteiger partial charge in [-0.2, -0.15) is 0 Å². The van der Waals surface area contributed by atoms with Crippen molar-refractivity contribution < 1.29 is 175 Å². The van der Waals surface area contributed by atoms with Gasteiger partial charge in [-0.15, -0.1) is 0 Å². The lowest BCUT2D eigenvalue weighted by molar-refractivity contribution is -0.331. The molecule has 36 nitrogen and oxygen atoms in total. The predicted molar refractivity (Wildman–Crippen MR) is 469 cm³/mol. The number of carbonyl (C=O) groups excluding carboxylic acids is 12. The number of benzene rings is 10. The maximum Gasteiger partial charge on any atom is 0.355 e. The van der Waals surface area contributed by atoms with Crippen LogP contribution in [0.1, 0.15) is 131 Å². The summed E-state index contributed by atoms with van der Waals surface area (Å²) in [6.45, 7) is 2.49. The normalized spacial score (nSPS) is 25.9. The summed E-state index contributed by atoms with van der Waals surface area (Å²) in [7, 11) is 0. The number of hydrogen-bond donors (Lipinski definition) is 9. The first kappa shape index (κ1) is 102. The molecule has 5 aliphatic rings. The summed E-state index contributed by atoms with van der Waals surface area (Å²) in [4.78, 5) is 152. The van der Waals surface area contributed by atoms with E-state index in [-0.39, 0.29) is 52.2 Å². The highest BCUT2D eigenvalue weighted by atomic mass is 16.8. The maximum absolute atomic E-state index is 13.3. The van der Waals surface area contributed by atoms with Crippen LogP contribution in [0.5, 0.6) is 0 Å². The van der Waals surface area contributed by atoms with E-state index in [1.807, 2.05) is 0 Å². The summed E-state index contributed by atoms with van der Waals surface area (Å²) in [5.41, 5.74) is -4.98. The van der Waals surface area contributed by atoms with Gasteiger partial charge in [-0.25, -0.2) is 57.5 Å². The maximum atomic E-state index is 13.3. The van der Waals surface area contributed by atoms with E-state index in [4.69, 9.17) is 92.2 Å². The van der Waals surface area contributed by atoms with Crippen LogP contribution in [0.3, 0.4) is 0 Å². The molecule has 15 rings (SSSR count). The lowest BCUT2D eigenvalue weighted by atomic mass is 9.96. The van der Waals surface area contributed by atoms with Gasteiger partial charge < -0.3 is 117 Å². The molecule has 0 aromatic heterocycles. The average Bonchev–Trinajstić information content (AvgIpc) is 1.65. The number of cyclic esters (lactones) is 2. The van der Waals surface area contributed by atoms with E-state index in [2.05, 4.69) is 9.47 Å². The van der Waals surface area contributed by atoms with Gasteiger partial charge in [0.2, 0.25) is 23.3 Å². The van der Waals surface area contributed by atoms with Gasteiger partial charge in [0.25, 0.3) is 0 Å². The Bertz CT molecular complexity index is 5680. The van der Waals surface area contributed by atoms with E-state index in [1.165, 1.54) is 45.0 Å². The number of ether oxygens (including phenoxy) is 15. The zero-order chi connectivity index (χ0) is 97.9. The fraction of sp³-hybridized carbons (Fsp3) is 0.280. The van der Waals surface area contributed by atoms with E-state index < -0.39 is 206 Å². The third kappa shape index (κ3) is 25.4. The Balaban J connectivity index is 0.000000176. The van der Waals surface area contributed by atoms with Crippen molar-refractivity contribution in [3.8, 4) is 0 Å². The lowest BCUT2D eigenvalue weighted by Crippen LogP contribution is -2.62. The summed E-state index contributed by atoms with van der Waals surface area (Å²) >= 11 is 0. The van der Waals surface area contributed by atoms with E-state index in [1.54, 1.807) is 279 Å². The summed E-state index contributed by atoms with van der Waals surface area (Å²) in [5, 5.41) is 82.6. The predicted octanol–water partition coefficient (Wildman–Crippen LogP) is 7.07. The first-order valence-corrected chi connectivity index (χ1v) is 42.1. The Morgan fingerprint density at radius 2 is 0.603 bits per heavy atom. The van der Waals surface area contributed by atoms with Crippen LogP contribution in [-0.2, 0) is 80.6 Å². The van der Waals surface area contributed by atoms with Gasteiger partial charge in [0, 0.05) is 0 Å². The molecule has 712 valence electrons. The molecule has 9 N–H and O–H groups in total. The van der Waals surface area contributed by atoms with Gasteiger partial charge in [-0.3, -0.25) is 0 Å². The molecule has 0 spiro atoms. The van der Waals surface area contributed by atoms with Crippen LogP contribution in [0.25, 0.3) is 0 Å².